The minimum atomic E-state index is 0.466. The SMILES string of the molecule is Nc1ccc(NC(=S)NCCOc2ccccc2Cl)cc1. The van der Waals surface area contributed by atoms with Gasteiger partial charge < -0.3 is 21.1 Å². The van der Waals surface area contributed by atoms with Crippen LogP contribution in [-0.4, -0.2) is 18.3 Å². The van der Waals surface area contributed by atoms with Crippen molar-refractivity contribution in [2.45, 2.75) is 0 Å². The minimum absolute atomic E-state index is 0.466. The highest BCUT2D eigenvalue weighted by atomic mass is 35.5. The standard InChI is InChI=1S/C15H16ClN3OS/c16-13-3-1-2-4-14(13)20-10-9-18-15(21)19-12-7-5-11(17)6-8-12/h1-8H,9-10,17H2,(H2,18,19,21). The first-order valence-corrected chi connectivity index (χ1v) is 7.21. The summed E-state index contributed by atoms with van der Waals surface area (Å²) < 4.78 is 5.55. The van der Waals surface area contributed by atoms with Crippen molar-refractivity contribution in [3.8, 4) is 5.75 Å². The summed E-state index contributed by atoms with van der Waals surface area (Å²) >= 11 is 11.2. The smallest absolute Gasteiger partial charge is 0.170 e. The Kier molecular flexibility index (Phi) is 5.66. The molecular weight excluding hydrogens is 306 g/mol. The minimum Gasteiger partial charge on any atom is -0.490 e. The molecule has 0 aliphatic carbocycles. The average Bonchev–Trinajstić information content (AvgIpc) is 2.48. The number of hydrogen-bond acceptors (Lipinski definition) is 3. The molecule has 0 aliphatic rings. The lowest BCUT2D eigenvalue weighted by Crippen LogP contribution is -2.31. The number of thiocarbonyl (C=S) groups is 1. The Balaban J connectivity index is 1.70. The molecule has 2 aromatic rings. The van der Waals surface area contributed by atoms with Gasteiger partial charge in [-0.3, -0.25) is 0 Å². The Morgan fingerprint density at radius 3 is 2.57 bits per heavy atom. The Morgan fingerprint density at radius 2 is 1.86 bits per heavy atom. The molecule has 2 rings (SSSR count). The van der Waals surface area contributed by atoms with E-state index >= 15 is 0 Å². The second-order valence-electron chi connectivity index (χ2n) is 4.28. The van der Waals surface area contributed by atoms with Gasteiger partial charge >= 0.3 is 0 Å². The van der Waals surface area contributed by atoms with Gasteiger partial charge in [-0.15, -0.1) is 0 Å². The number of nitrogen functional groups attached to an aromatic ring is 1. The van der Waals surface area contributed by atoms with Crippen molar-refractivity contribution in [3.63, 3.8) is 0 Å². The molecule has 0 radical (unpaired) electrons. The first kappa shape index (κ1) is 15.4. The zero-order chi connectivity index (χ0) is 15.1. The summed E-state index contributed by atoms with van der Waals surface area (Å²) in [6.07, 6.45) is 0. The highest BCUT2D eigenvalue weighted by Crippen LogP contribution is 2.22. The Bertz CT molecular complexity index is 604. The van der Waals surface area contributed by atoms with Crippen LogP contribution >= 0.6 is 23.8 Å². The average molecular weight is 322 g/mol. The van der Waals surface area contributed by atoms with Gasteiger partial charge in [0.2, 0.25) is 0 Å². The number of ether oxygens (including phenoxy) is 1. The van der Waals surface area contributed by atoms with E-state index < -0.39 is 0 Å². The lowest BCUT2D eigenvalue weighted by molar-refractivity contribution is 0.323. The summed E-state index contributed by atoms with van der Waals surface area (Å²) in [6, 6.07) is 14.7. The maximum Gasteiger partial charge on any atom is 0.170 e. The van der Waals surface area contributed by atoms with Gasteiger partial charge in [-0.05, 0) is 48.6 Å². The second-order valence-corrected chi connectivity index (χ2v) is 5.10. The van der Waals surface area contributed by atoms with Gasteiger partial charge in [0.15, 0.2) is 5.11 Å². The molecule has 4 N–H and O–H groups in total. The quantitative estimate of drug-likeness (QED) is 0.448. The summed E-state index contributed by atoms with van der Waals surface area (Å²) in [4.78, 5) is 0. The zero-order valence-electron chi connectivity index (χ0n) is 11.3. The fraction of sp³-hybridized carbons (Fsp3) is 0.133. The molecule has 0 saturated carbocycles. The summed E-state index contributed by atoms with van der Waals surface area (Å²) in [5.41, 5.74) is 7.22. The predicted molar refractivity (Wildman–Crippen MR) is 92.0 cm³/mol. The van der Waals surface area contributed by atoms with Crippen molar-refractivity contribution in [2.75, 3.05) is 24.2 Å². The molecule has 0 heterocycles. The number of anilines is 2. The molecule has 21 heavy (non-hydrogen) atoms. The number of benzene rings is 2. The van der Waals surface area contributed by atoms with Crippen LogP contribution in [0.4, 0.5) is 11.4 Å². The highest BCUT2D eigenvalue weighted by Gasteiger charge is 2.00. The van der Waals surface area contributed by atoms with Crippen molar-refractivity contribution in [1.29, 1.82) is 0 Å². The third kappa shape index (κ3) is 5.13. The lowest BCUT2D eigenvalue weighted by atomic mass is 10.3. The molecule has 0 amide bonds. The third-order valence-corrected chi connectivity index (χ3v) is 3.21. The molecule has 0 aliphatic heterocycles. The summed E-state index contributed by atoms with van der Waals surface area (Å²) in [6.45, 7) is 1.04. The summed E-state index contributed by atoms with van der Waals surface area (Å²) in [5.74, 6) is 0.665. The predicted octanol–water partition coefficient (Wildman–Crippen LogP) is 3.29. The van der Waals surface area contributed by atoms with Crippen LogP contribution in [0.1, 0.15) is 0 Å². The lowest BCUT2D eigenvalue weighted by Gasteiger charge is -2.12. The van der Waals surface area contributed by atoms with Crippen molar-refractivity contribution in [1.82, 2.24) is 5.32 Å². The van der Waals surface area contributed by atoms with E-state index in [9.17, 15) is 0 Å². The summed E-state index contributed by atoms with van der Waals surface area (Å²) in [5, 5.41) is 7.25. The van der Waals surface area contributed by atoms with Gasteiger partial charge in [0.05, 0.1) is 11.6 Å². The van der Waals surface area contributed by atoms with E-state index in [2.05, 4.69) is 10.6 Å². The fourth-order valence-electron chi connectivity index (χ4n) is 1.63. The largest absolute Gasteiger partial charge is 0.490 e. The van der Waals surface area contributed by atoms with Crippen LogP contribution in [0.5, 0.6) is 5.75 Å². The number of nitrogens with two attached hydrogens (primary N) is 1. The maximum absolute atomic E-state index is 5.99. The van der Waals surface area contributed by atoms with Crippen LogP contribution in [0.25, 0.3) is 0 Å². The highest BCUT2D eigenvalue weighted by molar-refractivity contribution is 7.80. The van der Waals surface area contributed by atoms with E-state index in [0.717, 1.165) is 5.69 Å². The van der Waals surface area contributed by atoms with E-state index in [1.807, 2.05) is 42.5 Å². The molecule has 4 nitrogen and oxygen atoms in total. The number of hydrogen-bond donors (Lipinski definition) is 3. The van der Waals surface area contributed by atoms with E-state index in [0.29, 0.717) is 34.7 Å². The Morgan fingerprint density at radius 1 is 1.14 bits per heavy atom. The molecule has 0 unspecified atom stereocenters. The fourth-order valence-corrected chi connectivity index (χ4v) is 2.04. The maximum atomic E-state index is 5.99. The molecule has 0 bridgehead atoms. The molecular formula is C15H16ClN3OS. The first-order chi connectivity index (χ1) is 10.1. The topological polar surface area (TPSA) is 59.3 Å². The van der Waals surface area contributed by atoms with Gasteiger partial charge in [-0.2, -0.15) is 0 Å². The number of halogens is 1. The van der Waals surface area contributed by atoms with E-state index in [4.69, 9.17) is 34.3 Å². The summed E-state index contributed by atoms with van der Waals surface area (Å²) in [7, 11) is 0. The first-order valence-electron chi connectivity index (χ1n) is 6.43. The van der Waals surface area contributed by atoms with Gasteiger partial charge in [0.25, 0.3) is 0 Å². The number of rotatable bonds is 5. The third-order valence-electron chi connectivity index (χ3n) is 2.65. The van der Waals surface area contributed by atoms with Gasteiger partial charge in [0, 0.05) is 11.4 Å². The molecule has 110 valence electrons. The molecule has 2 aromatic carbocycles. The zero-order valence-corrected chi connectivity index (χ0v) is 12.9. The van der Waals surface area contributed by atoms with Crippen molar-refractivity contribution in [3.05, 3.63) is 53.6 Å². The molecule has 0 saturated heterocycles. The molecule has 0 atom stereocenters. The van der Waals surface area contributed by atoms with Crippen LogP contribution in [0.2, 0.25) is 5.02 Å². The number of nitrogens with one attached hydrogen (secondary N) is 2. The molecule has 0 spiro atoms. The second kappa shape index (κ2) is 7.71. The number of para-hydroxylation sites is 1. The van der Waals surface area contributed by atoms with Crippen LogP contribution in [0.15, 0.2) is 48.5 Å². The van der Waals surface area contributed by atoms with Crippen LogP contribution in [-0.2, 0) is 0 Å². The van der Waals surface area contributed by atoms with Crippen molar-refractivity contribution < 1.29 is 4.74 Å². The molecule has 0 aromatic heterocycles. The van der Waals surface area contributed by atoms with Crippen molar-refractivity contribution >= 4 is 40.3 Å². The molecule has 0 fully saturated rings. The van der Waals surface area contributed by atoms with Gasteiger partial charge in [-0.25, -0.2) is 0 Å². The normalized spacial score (nSPS) is 9.95. The van der Waals surface area contributed by atoms with E-state index in [1.165, 1.54) is 0 Å². The monoisotopic (exact) mass is 321 g/mol. The van der Waals surface area contributed by atoms with Gasteiger partial charge in [0.1, 0.15) is 12.4 Å². The Hall–Kier alpha value is -1.98. The van der Waals surface area contributed by atoms with Crippen LogP contribution < -0.4 is 21.1 Å². The van der Waals surface area contributed by atoms with E-state index in [1.54, 1.807) is 6.07 Å². The van der Waals surface area contributed by atoms with Crippen LogP contribution in [0.3, 0.4) is 0 Å². The van der Waals surface area contributed by atoms with Gasteiger partial charge in [-0.1, -0.05) is 23.7 Å². The van der Waals surface area contributed by atoms with Crippen LogP contribution in [0, 0.1) is 0 Å². The Labute approximate surface area is 134 Å². The van der Waals surface area contributed by atoms with Crippen molar-refractivity contribution in [2.24, 2.45) is 0 Å². The molecule has 6 heteroatoms. The van der Waals surface area contributed by atoms with E-state index in [-0.39, 0.29) is 0 Å².